The third-order valence-electron chi connectivity index (χ3n) is 6.31. The fourth-order valence-electron chi connectivity index (χ4n) is 4.86. The molecule has 8 nitrogen and oxygen atoms in total. The summed E-state index contributed by atoms with van der Waals surface area (Å²) in [6.07, 6.45) is 8.56. The third kappa shape index (κ3) is 4.34. The molecule has 2 amide bonds. The first kappa shape index (κ1) is 21.1. The molecule has 28 heavy (non-hydrogen) atoms. The number of carbonyl (C=O) groups is 2. The van der Waals surface area contributed by atoms with Gasteiger partial charge in [0.05, 0.1) is 23.5 Å². The first-order valence-electron chi connectivity index (χ1n) is 10.2. The predicted octanol–water partition coefficient (Wildman–Crippen LogP) is 2.19. The lowest BCUT2D eigenvalue weighted by Crippen LogP contribution is -2.36. The highest BCUT2D eigenvalue weighted by molar-refractivity contribution is 7.91. The molecule has 0 aromatic carbocycles. The van der Waals surface area contributed by atoms with Crippen molar-refractivity contribution >= 4 is 28.1 Å². The van der Waals surface area contributed by atoms with Gasteiger partial charge in [-0.15, -0.1) is 0 Å². The molecule has 3 aliphatic rings. The summed E-state index contributed by atoms with van der Waals surface area (Å²) in [7, 11) is -3.17. The number of hydrogen-bond acceptors (Lipinski definition) is 6. The third-order valence-corrected chi connectivity index (χ3v) is 7.91. The number of hydrazone groups is 1. The molecule has 0 aromatic rings. The number of hydrogen-bond donors (Lipinski definition) is 0. The SMILES string of the molecule is CCN1C(=O)N(N=CC(OC(C)=O)C2CCCCC2)C2CC(S(C)(=O)=O)CC21. The Morgan fingerprint density at radius 3 is 2.46 bits per heavy atom. The molecule has 158 valence electrons. The van der Waals surface area contributed by atoms with Gasteiger partial charge in [-0.1, -0.05) is 19.3 Å². The van der Waals surface area contributed by atoms with Crippen LogP contribution in [-0.4, -0.2) is 72.8 Å². The minimum atomic E-state index is -3.17. The number of esters is 1. The zero-order valence-electron chi connectivity index (χ0n) is 16.9. The molecule has 0 N–H and O–H groups in total. The molecule has 9 heteroatoms. The van der Waals surface area contributed by atoms with Gasteiger partial charge in [0.1, 0.15) is 15.9 Å². The van der Waals surface area contributed by atoms with E-state index in [4.69, 9.17) is 4.74 Å². The lowest BCUT2D eigenvalue weighted by Gasteiger charge is -2.27. The Balaban J connectivity index is 1.79. The number of nitrogens with zero attached hydrogens (tertiary/aromatic N) is 3. The van der Waals surface area contributed by atoms with Crippen LogP contribution in [0.25, 0.3) is 0 Å². The Morgan fingerprint density at radius 1 is 1.25 bits per heavy atom. The maximum Gasteiger partial charge on any atom is 0.341 e. The quantitative estimate of drug-likeness (QED) is 0.491. The summed E-state index contributed by atoms with van der Waals surface area (Å²) in [6, 6.07) is -0.602. The minimum absolute atomic E-state index is 0.142. The molecule has 1 heterocycles. The normalized spacial score (nSPS) is 30.1. The fraction of sp³-hybridized carbons (Fsp3) is 0.842. The highest BCUT2D eigenvalue weighted by Crippen LogP contribution is 2.38. The van der Waals surface area contributed by atoms with E-state index in [1.807, 2.05) is 6.92 Å². The first-order valence-corrected chi connectivity index (χ1v) is 12.2. The van der Waals surface area contributed by atoms with Gasteiger partial charge in [-0.3, -0.25) is 4.79 Å². The van der Waals surface area contributed by atoms with E-state index in [2.05, 4.69) is 5.10 Å². The molecule has 2 aliphatic carbocycles. The summed E-state index contributed by atoms with van der Waals surface area (Å²) in [4.78, 5) is 26.1. The fourth-order valence-corrected chi connectivity index (χ4v) is 5.95. The maximum absolute atomic E-state index is 12.8. The Labute approximate surface area is 167 Å². The zero-order valence-corrected chi connectivity index (χ0v) is 17.7. The molecular weight excluding hydrogens is 382 g/mol. The van der Waals surface area contributed by atoms with Crippen LogP contribution < -0.4 is 0 Å². The van der Waals surface area contributed by atoms with Crippen molar-refractivity contribution in [3.63, 3.8) is 0 Å². The molecule has 1 aliphatic heterocycles. The Bertz CT molecular complexity index is 732. The first-order chi connectivity index (χ1) is 13.2. The van der Waals surface area contributed by atoms with Gasteiger partial charge in [0.25, 0.3) is 0 Å². The highest BCUT2D eigenvalue weighted by atomic mass is 32.2. The van der Waals surface area contributed by atoms with Gasteiger partial charge in [-0.05, 0) is 32.6 Å². The van der Waals surface area contributed by atoms with E-state index in [0.717, 1.165) is 25.7 Å². The number of ether oxygens (including phenoxy) is 1. The second-order valence-corrected chi connectivity index (χ2v) is 10.5. The molecule has 3 fully saturated rings. The van der Waals surface area contributed by atoms with Crippen molar-refractivity contribution < 1.29 is 22.7 Å². The number of carbonyl (C=O) groups excluding carboxylic acids is 2. The standard InChI is InChI=1S/C19H31N3O5S/c1-4-21-16-10-15(28(3,25)26)11-17(16)22(19(21)24)20-12-18(27-13(2)23)14-8-6-5-7-9-14/h12,14-18H,4-11H2,1-3H3. The molecule has 1 saturated heterocycles. The van der Waals surface area contributed by atoms with Crippen molar-refractivity contribution in [1.29, 1.82) is 0 Å². The smallest absolute Gasteiger partial charge is 0.341 e. The number of sulfone groups is 1. The topological polar surface area (TPSA) is 96.3 Å². The largest absolute Gasteiger partial charge is 0.456 e. The second kappa shape index (κ2) is 8.39. The highest BCUT2D eigenvalue weighted by Gasteiger charge is 2.53. The van der Waals surface area contributed by atoms with Gasteiger partial charge in [0, 0.05) is 25.6 Å². The molecule has 2 saturated carbocycles. The Kier molecular flexibility index (Phi) is 6.31. The summed E-state index contributed by atoms with van der Waals surface area (Å²) in [5.74, 6) is -0.148. The Hall–Kier alpha value is -1.64. The number of amides is 2. The summed E-state index contributed by atoms with van der Waals surface area (Å²) < 4.78 is 29.5. The summed E-state index contributed by atoms with van der Waals surface area (Å²) >= 11 is 0. The van der Waals surface area contributed by atoms with Crippen LogP contribution in [0.2, 0.25) is 0 Å². The molecule has 0 aromatic heterocycles. The van der Waals surface area contributed by atoms with Gasteiger partial charge in [0.15, 0.2) is 0 Å². The van der Waals surface area contributed by atoms with Crippen molar-refractivity contribution in [3.05, 3.63) is 0 Å². The van der Waals surface area contributed by atoms with Crippen LogP contribution in [0.3, 0.4) is 0 Å². The minimum Gasteiger partial charge on any atom is -0.456 e. The van der Waals surface area contributed by atoms with Crippen LogP contribution in [0.1, 0.15) is 58.8 Å². The Morgan fingerprint density at radius 2 is 1.89 bits per heavy atom. The number of fused-ring (bicyclic) bond motifs is 1. The van der Waals surface area contributed by atoms with Crippen LogP contribution >= 0.6 is 0 Å². The average molecular weight is 414 g/mol. The van der Waals surface area contributed by atoms with E-state index in [1.165, 1.54) is 24.6 Å². The monoisotopic (exact) mass is 413 g/mol. The summed E-state index contributed by atoms with van der Waals surface area (Å²) in [6.45, 7) is 3.78. The predicted molar refractivity (Wildman–Crippen MR) is 106 cm³/mol. The van der Waals surface area contributed by atoms with E-state index >= 15 is 0 Å². The zero-order chi connectivity index (χ0) is 20.5. The van der Waals surface area contributed by atoms with Gasteiger partial charge in [0.2, 0.25) is 0 Å². The lowest BCUT2D eigenvalue weighted by atomic mass is 9.85. The van der Waals surface area contributed by atoms with E-state index in [-0.39, 0.29) is 30.0 Å². The molecular formula is C19H31N3O5S. The second-order valence-electron chi connectivity index (χ2n) is 8.21. The average Bonchev–Trinajstić information content (AvgIpc) is 3.16. The molecule has 4 unspecified atom stereocenters. The van der Waals surface area contributed by atoms with Crippen molar-refractivity contribution in [2.45, 2.75) is 82.2 Å². The van der Waals surface area contributed by atoms with Gasteiger partial charge in [-0.25, -0.2) is 18.2 Å². The number of urea groups is 1. The van der Waals surface area contributed by atoms with Crippen molar-refractivity contribution in [1.82, 2.24) is 9.91 Å². The lowest BCUT2D eigenvalue weighted by molar-refractivity contribution is -0.145. The van der Waals surface area contributed by atoms with E-state index < -0.39 is 21.2 Å². The molecule has 0 bridgehead atoms. The van der Waals surface area contributed by atoms with Gasteiger partial charge in [-0.2, -0.15) is 5.10 Å². The van der Waals surface area contributed by atoms with Crippen LogP contribution in [-0.2, 0) is 19.4 Å². The van der Waals surface area contributed by atoms with E-state index in [1.54, 1.807) is 11.1 Å². The molecule has 0 spiro atoms. The molecule has 4 atom stereocenters. The van der Waals surface area contributed by atoms with Crippen LogP contribution in [0.4, 0.5) is 4.79 Å². The van der Waals surface area contributed by atoms with E-state index in [9.17, 15) is 18.0 Å². The van der Waals surface area contributed by atoms with Crippen LogP contribution in [0.15, 0.2) is 5.10 Å². The summed E-state index contributed by atoms with van der Waals surface area (Å²) in [5.41, 5.74) is 0. The maximum atomic E-state index is 12.8. The van der Waals surface area contributed by atoms with Crippen molar-refractivity contribution in [2.75, 3.05) is 12.8 Å². The van der Waals surface area contributed by atoms with E-state index in [0.29, 0.717) is 19.4 Å². The van der Waals surface area contributed by atoms with Crippen molar-refractivity contribution in [3.8, 4) is 0 Å². The van der Waals surface area contributed by atoms with Crippen LogP contribution in [0, 0.1) is 5.92 Å². The summed E-state index contributed by atoms with van der Waals surface area (Å²) in [5, 5.41) is 5.40. The number of rotatable bonds is 6. The van der Waals surface area contributed by atoms with Gasteiger partial charge >= 0.3 is 12.0 Å². The number of likely N-dealkylation sites (N-methyl/N-ethyl adjacent to an activating group) is 1. The van der Waals surface area contributed by atoms with Crippen molar-refractivity contribution in [2.24, 2.45) is 11.0 Å². The molecule has 3 rings (SSSR count). The van der Waals surface area contributed by atoms with Gasteiger partial charge < -0.3 is 9.64 Å². The van der Waals surface area contributed by atoms with Crippen LogP contribution in [0.5, 0.6) is 0 Å². The molecule has 0 radical (unpaired) electrons.